The van der Waals surface area contributed by atoms with Crippen LogP contribution in [0, 0.1) is 6.92 Å². The summed E-state index contributed by atoms with van der Waals surface area (Å²) in [6, 6.07) is 5.32. The molecule has 1 atom stereocenters. The summed E-state index contributed by atoms with van der Waals surface area (Å²) in [4.78, 5) is 27.9. The number of nitrogens with zero attached hydrogens (tertiary/aromatic N) is 1. The molecule has 21 heavy (non-hydrogen) atoms. The summed E-state index contributed by atoms with van der Waals surface area (Å²) in [5, 5.41) is 6.20. The zero-order valence-electron chi connectivity index (χ0n) is 11.8. The Morgan fingerprint density at radius 2 is 2.29 bits per heavy atom. The van der Waals surface area contributed by atoms with Gasteiger partial charge in [-0.1, -0.05) is 29.4 Å². The zero-order chi connectivity index (χ0) is 15.4. The van der Waals surface area contributed by atoms with E-state index in [9.17, 15) is 9.59 Å². The van der Waals surface area contributed by atoms with Gasteiger partial charge >= 0.3 is 0 Å². The van der Waals surface area contributed by atoms with Crippen molar-refractivity contribution >= 4 is 46.0 Å². The van der Waals surface area contributed by atoms with E-state index >= 15 is 0 Å². The number of nitrogens with one attached hydrogen (secondary N) is 2. The number of hydrogen-bond acceptors (Lipinski definition) is 4. The molecule has 0 spiro atoms. The molecule has 2 amide bonds. The smallest absolute Gasteiger partial charge is 0.240 e. The van der Waals surface area contributed by atoms with Crippen molar-refractivity contribution in [1.82, 2.24) is 5.32 Å². The van der Waals surface area contributed by atoms with Crippen LogP contribution in [-0.4, -0.2) is 28.8 Å². The molecule has 0 saturated carbocycles. The van der Waals surface area contributed by atoms with Gasteiger partial charge in [0.2, 0.25) is 11.8 Å². The first-order valence-electron chi connectivity index (χ1n) is 6.58. The topological polar surface area (TPSA) is 70.6 Å². The first-order chi connectivity index (χ1) is 10.0. The van der Waals surface area contributed by atoms with Crippen molar-refractivity contribution in [3.05, 3.63) is 28.8 Å². The molecule has 2 N–H and O–H groups in total. The van der Waals surface area contributed by atoms with Crippen LogP contribution in [0.4, 0.5) is 5.69 Å². The van der Waals surface area contributed by atoms with Crippen LogP contribution in [0.2, 0.25) is 5.02 Å². The fourth-order valence-electron chi connectivity index (χ4n) is 1.87. The minimum Gasteiger partial charge on any atom is -0.326 e. The fraction of sp³-hybridized carbons (Fsp3) is 0.357. The molecule has 1 heterocycles. The highest BCUT2D eigenvalue weighted by molar-refractivity contribution is 8.15. The summed E-state index contributed by atoms with van der Waals surface area (Å²) in [5.41, 5.74) is 1.47. The van der Waals surface area contributed by atoms with E-state index in [1.165, 1.54) is 11.8 Å². The second-order valence-corrected chi connectivity index (χ2v) is 6.14. The van der Waals surface area contributed by atoms with Crippen LogP contribution >= 0.6 is 23.4 Å². The van der Waals surface area contributed by atoms with Gasteiger partial charge in [0, 0.05) is 23.7 Å². The Labute approximate surface area is 132 Å². The molecular formula is C14H16ClN3O2S. The van der Waals surface area contributed by atoms with Gasteiger partial charge in [0.25, 0.3) is 0 Å². The minimum absolute atomic E-state index is 0.102. The lowest BCUT2D eigenvalue weighted by atomic mass is 10.2. The Hall–Kier alpha value is -1.53. The van der Waals surface area contributed by atoms with Crippen molar-refractivity contribution in [2.75, 3.05) is 11.9 Å². The lowest BCUT2D eigenvalue weighted by Gasteiger charge is -2.10. The third kappa shape index (κ3) is 3.98. The molecule has 0 aliphatic carbocycles. The van der Waals surface area contributed by atoms with E-state index in [1.54, 1.807) is 18.2 Å². The highest BCUT2D eigenvalue weighted by atomic mass is 35.5. The van der Waals surface area contributed by atoms with E-state index < -0.39 is 5.25 Å². The van der Waals surface area contributed by atoms with Crippen LogP contribution in [0.3, 0.4) is 0 Å². The Balaban J connectivity index is 1.98. The molecule has 112 valence electrons. The number of amides is 2. The van der Waals surface area contributed by atoms with Crippen molar-refractivity contribution in [2.45, 2.75) is 25.5 Å². The number of anilines is 1. The summed E-state index contributed by atoms with van der Waals surface area (Å²) in [5.74, 6) is -0.393. The van der Waals surface area contributed by atoms with Crippen molar-refractivity contribution in [1.29, 1.82) is 0 Å². The molecule has 1 aliphatic rings. The quantitative estimate of drug-likeness (QED) is 0.894. The van der Waals surface area contributed by atoms with E-state index in [1.807, 2.05) is 13.8 Å². The molecule has 1 aromatic carbocycles. The third-order valence-corrected chi connectivity index (χ3v) is 4.52. The Kier molecular flexibility index (Phi) is 5.25. The predicted octanol–water partition coefficient (Wildman–Crippen LogP) is 2.58. The summed E-state index contributed by atoms with van der Waals surface area (Å²) in [7, 11) is 0. The molecule has 1 saturated heterocycles. The van der Waals surface area contributed by atoms with Gasteiger partial charge in [-0.2, -0.15) is 0 Å². The number of rotatable bonds is 4. The maximum atomic E-state index is 12.1. The standard InChI is InChI=1S/C14H16ClN3O2S/c1-3-16-14-18-13(20)11(21-14)7-12(19)17-10-6-4-5-9(15)8(10)2/h4-6,11H,3,7H2,1-2H3,(H,17,19)(H,16,18,20)/t11-/m0/s1. The lowest BCUT2D eigenvalue weighted by molar-refractivity contribution is -0.122. The average Bonchev–Trinajstić information content (AvgIpc) is 2.76. The van der Waals surface area contributed by atoms with Crippen LogP contribution in [0.1, 0.15) is 18.9 Å². The van der Waals surface area contributed by atoms with E-state index in [4.69, 9.17) is 11.6 Å². The number of hydrogen-bond donors (Lipinski definition) is 2. The number of carbonyl (C=O) groups excluding carboxylic acids is 2. The lowest BCUT2D eigenvalue weighted by Crippen LogP contribution is -2.28. The molecule has 5 nitrogen and oxygen atoms in total. The Morgan fingerprint density at radius 3 is 3.00 bits per heavy atom. The summed E-state index contributed by atoms with van der Waals surface area (Å²) >= 11 is 7.30. The summed E-state index contributed by atoms with van der Waals surface area (Å²) in [6.07, 6.45) is 0.102. The van der Waals surface area contributed by atoms with Gasteiger partial charge in [0.15, 0.2) is 5.17 Å². The number of carbonyl (C=O) groups is 2. The molecule has 1 fully saturated rings. The van der Waals surface area contributed by atoms with E-state index in [-0.39, 0.29) is 18.2 Å². The molecule has 2 rings (SSSR count). The highest BCUT2D eigenvalue weighted by Gasteiger charge is 2.31. The monoisotopic (exact) mass is 325 g/mol. The van der Waals surface area contributed by atoms with Gasteiger partial charge in [-0.25, -0.2) is 0 Å². The van der Waals surface area contributed by atoms with Gasteiger partial charge in [-0.15, -0.1) is 0 Å². The molecule has 0 radical (unpaired) electrons. The first kappa shape index (κ1) is 15.9. The van der Waals surface area contributed by atoms with E-state index in [0.717, 1.165) is 5.56 Å². The van der Waals surface area contributed by atoms with E-state index in [0.29, 0.717) is 22.4 Å². The van der Waals surface area contributed by atoms with Crippen molar-refractivity contribution in [3.8, 4) is 0 Å². The first-order valence-corrected chi connectivity index (χ1v) is 7.84. The molecule has 1 aromatic rings. The molecule has 1 aliphatic heterocycles. The fourth-order valence-corrected chi connectivity index (χ4v) is 3.08. The third-order valence-electron chi connectivity index (χ3n) is 2.99. The SMILES string of the molecule is CCN=C1NC(=O)[C@H](CC(=O)Nc2cccc(Cl)c2C)S1. The van der Waals surface area contributed by atoms with Crippen LogP contribution in [0.25, 0.3) is 0 Å². The molecule has 0 bridgehead atoms. The Bertz CT molecular complexity index is 604. The number of halogens is 1. The van der Waals surface area contributed by atoms with Crippen molar-refractivity contribution in [2.24, 2.45) is 4.99 Å². The van der Waals surface area contributed by atoms with E-state index in [2.05, 4.69) is 15.6 Å². The van der Waals surface area contributed by atoms with Gasteiger partial charge in [-0.05, 0) is 31.5 Å². The normalized spacial score (nSPS) is 19.7. The van der Waals surface area contributed by atoms with Gasteiger partial charge in [0.1, 0.15) is 5.25 Å². The van der Waals surface area contributed by atoms with Gasteiger partial charge < -0.3 is 10.6 Å². The van der Waals surface area contributed by atoms with Crippen LogP contribution in [0.5, 0.6) is 0 Å². The van der Waals surface area contributed by atoms with Crippen LogP contribution in [0.15, 0.2) is 23.2 Å². The summed E-state index contributed by atoms with van der Waals surface area (Å²) < 4.78 is 0. The molecule has 0 unspecified atom stereocenters. The maximum absolute atomic E-state index is 12.1. The number of amidine groups is 1. The second kappa shape index (κ2) is 6.95. The predicted molar refractivity (Wildman–Crippen MR) is 86.9 cm³/mol. The zero-order valence-corrected chi connectivity index (χ0v) is 13.3. The Morgan fingerprint density at radius 1 is 1.52 bits per heavy atom. The van der Waals surface area contributed by atoms with Gasteiger partial charge in [-0.3, -0.25) is 14.6 Å². The average molecular weight is 326 g/mol. The van der Waals surface area contributed by atoms with Crippen molar-refractivity contribution in [3.63, 3.8) is 0 Å². The van der Waals surface area contributed by atoms with Crippen molar-refractivity contribution < 1.29 is 9.59 Å². The molecule has 0 aromatic heterocycles. The number of benzene rings is 1. The second-order valence-electron chi connectivity index (χ2n) is 4.54. The minimum atomic E-state index is -0.435. The van der Waals surface area contributed by atoms with Gasteiger partial charge in [0.05, 0.1) is 0 Å². The maximum Gasteiger partial charge on any atom is 0.240 e. The number of aliphatic imine (C=N–C) groups is 1. The largest absolute Gasteiger partial charge is 0.326 e. The van der Waals surface area contributed by atoms with Crippen LogP contribution < -0.4 is 10.6 Å². The highest BCUT2D eigenvalue weighted by Crippen LogP contribution is 2.25. The summed E-state index contributed by atoms with van der Waals surface area (Å²) in [6.45, 7) is 4.33. The number of thioether (sulfide) groups is 1. The van der Waals surface area contributed by atoms with Crippen LogP contribution in [-0.2, 0) is 9.59 Å². The molecule has 7 heteroatoms. The molecular weight excluding hydrogens is 310 g/mol.